The lowest BCUT2D eigenvalue weighted by Gasteiger charge is -2.28. The van der Waals surface area contributed by atoms with E-state index in [4.69, 9.17) is 9.47 Å². The van der Waals surface area contributed by atoms with Crippen molar-refractivity contribution in [3.05, 3.63) is 65.0 Å². The molecule has 1 unspecified atom stereocenters. The van der Waals surface area contributed by atoms with Crippen molar-refractivity contribution in [3.8, 4) is 11.5 Å². The van der Waals surface area contributed by atoms with Crippen molar-refractivity contribution < 1.29 is 28.6 Å². The predicted molar refractivity (Wildman–Crippen MR) is 114 cm³/mol. The van der Waals surface area contributed by atoms with Gasteiger partial charge in [-0.1, -0.05) is 12.1 Å². The zero-order valence-electron chi connectivity index (χ0n) is 17.9. The van der Waals surface area contributed by atoms with Gasteiger partial charge in [0.25, 0.3) is 11.7 Å². The van der Waals surface area contributed by atoms with Crippen LogP contribution in [0.3, 0.4) is 0 Å². The third kappa shape index (κ3) is 4.25. The number of aliphatic hydroxyl groups excluding tert-OH is 1. The number of halogens is 1. The lowest BCUT2D eigenvalue weighted by Crippen LogP contribution is -2.35. The largest absolute Gasteiger partial charge is 0.507 e. The Labute approximate surface area is 180 Å². The highest BCUT2D eigenvalue weighted by Crippen LogP contribution is 2.45. The summed E-state index contributed by atoms with van der Waals surface area (Å²) < 4.78 is 24.3. The van der Waals surface area contributed by atoms with Gasteiger partial charge >= 0.3 is 0 Å². The van der Waals surface area contributed by atoms with Crippen LogP contribution in [0.15, 0.2) is 48.0 Å². The maximum atomic E-state index is 13.4. The van der Waals surface area contributed by atoms with Crippen LogP contribution < -0.4 is 9.47 Å². The summed E-state index contributed by atoms with van der Waals surface area (Å²) in [6, 6.07) is 9.33. The van der Waals surface area contributed by atoms with Gasteiger partial charge in [-0.05, 0) is 44.4 Å². The summed E-state index contributed by atoms with van der Waals surface area (Å²) in [5, 5.41) is 11.0. The number of carbonyl (C=O) groups excluding carboxylic acids is 2. The van der Waals surface area contributed by atoms with E-state index in [2.05, 4.69) is 0 Å². The van der Waals surface area contributed by atoms with E-state index in [-0.39, 0.29) is 23.4 Å². The molecule has 1 amide bonds. The fourth-order valence-corrected chi connectivity index (χ4v) is 3.63. The molecule has 7 nitrogen and oxygen atoms in total. The third-order valence-corrected chi connectivity index (χ3v) is 5.17. The Morgan fingerprint density at radius 2 is 1.77 bits per heavy atom. The van der Waals surface area contributed by atoms with Crippen LogP contribution >= 0.6 is 0 Å². The molecule has 1 aliphatic rings. The number of rotatable bonds is 7. The van der Waals surface area contributed by atoms with Gasteiger partial charge in [-0.15, -0.1) is 0 Å². The molecule has 0 aromatic heterocycles. The monoisotopic (exact) mass is 428 g/mol. The van der Waals surface area contributed by atoms with Crippen molar-refractivity contribution in [2.75, 3.05) is 41.4 Å². The van der Waals surface area contributed by atoms with Gasteiger partial charge in [0.1, 0.15) is 11.6 Å². The first-order valence-corrected chi connectivity index (χ1v) is 9.70. The molecule has 8 heteroatoms. The molecule has 0 radical (unpaired) electrons. The number of nitrogens with zero attached hydrogens (tertiary/aromatic N) is 2. The van der Waals surface area contributed by atoms with E-state index in [0.29, 0.717) is 23.6 Å². The number of aliphatic hydroxyl groups is 1. The molecule has 164 valence electrons. The van der Waals surface area contributed by atoms with E-state index in [1.807, 2.05) is 19.0 Å². The van der Waals surface area contributed by atoms with Crippen molar-refractivity contribution >= 4 is 17.4 Å². The molecule has 2 aromatic rings. The molecule has 1 fully saturated rings. The van der Waals surface area contributed by atoms with Crippen LogP contribution in [-0.2, 0) is 9.59 Å². The lowest BCUT2D eigenvalue weighted by molar-refractivity contribution is -0.140. The highest BCUT2D eigenvalue weighted by molar-refractivity contribution is 6.46. The third-order valence-electron chi connectivity index (χ3n) is 5.17. The number of benzene rings is 2. The SMILES string of the molecule is COc1cccc(C2C(=C(O)c3ccc(F)cc3)C(=O)C(=O)N2CCN(C)C)c1OC. The average molecular weight is 428 g/mol. The summed E-state index contributed by atoms with van der Waals surface area (Å²) in [6.45, 7) is 0.759. The molecule has 0 aliphatic carbocycles. The molecule has 3 rings (SSSR count). The number of amides is 1. The van der Waals surface area contributed by atoms with Crippen molar-refractivity contribution in [2.45, 2.75) is 6.04 Å². The second-order valence-corrected chi connectivity index (χ2v) is 7.39. The molecule has 1 saturated heterocycles. The van der Waals surface area contributed by atoms with Gasteiger partial charge in [-0.3, -0.25) is 9.59 Å². The van der Waals surface area contributed by atoms with Crippen LogP contribution in [0, 0.1) is 5.82 Å². The fraction of sp³-hybridized carbons (Fsp3) is 0.304. The summed E-state index contributed by atoms with van der Waals surface area (Å²) in [4.78, 5) is 29.2. The summed E-state index contributed by atoms with van der Waals surface area (Å²) in [6.07, 6.45) is 0. The van der Waals surface area contributed by atoms with Gasteiger partial charge in [0, 0.05) is 24.2 Å². The van der Waals surface area contributed by atoms with Crippen LogP contribution in [0.5, 0.6) is 11.5 Å². The summed E-state index contributed by atoms with van der Waals surface area (Å²) in [5.41, 5.74) is 0.657. The Morgan fingerprint density at radius 1 is 1.10 bits per heavy atom. The molecule has 31 heavy (non-hydrogen) atoms. The number of para-hydroxylation sites is 1. The second-order valence-electron chi connectivity index (χ2n) is 7.39. The molecular weight excluding hydrogens is 403 g/mol. The Kier molecular flexibility index (Phi) is 6.60. The summed E-state index contributed by atoms with van der Waals surface area (Å²) in [7, 11) is 6.67. The van der Waals surface area contributed by atoms with Crippen LogP contribution in [-0.4, -0.2) is 68.0 Å². The first-order valence-electron chi connectivity index (χ1n) is 9.70. The van der Waals surface area contributed by atoms with Crippen molar-refractivity contribution in [1.29, 1.82) is 0 Å². The number of ether oxygens (including phenoxy) is 2. The van der Waals surface area contributed by atoms with E-state index >= 15 is 0 Å². The maximum Gasteiger partial charge on any atom is 0.295 e. The number of likely N-dealkylation sites (tertiary alicyclic amines) is 1. The van der Waals surface area contributed by atoms with E-state index in [1.165, 1.54) is 43.4 Å². The molecular formula is C23H25FN2O5. The number of methoxy groups -OCH3 is 2. The minimum atomic E-state index is -0.893. The summed E-state index contributed by atoms with van der Waals surface area (Å²) >= 11 is 0. The molecule has 0 saturated carbocycles. The molecule has 0 spiro atoms. The quantitative estimate of drug-likeness (QED) is 0.415. The van der Waals surface area contributed by atoms with Crippen molar-refractivity contribution in [3.63, 3.8) is 0 Å². The molecule has 1 N–H and O–H groups in total. The fourth-order valence-electron chi connectivity index (χ4n) is 3.63. The minimum Gasteiger partial charge on any atom is -0.507 e. The lowest BCUT2D eigenvalue weighted by atomic mass is 9.94. The Hall–Kier alpha value is -3.39. The zero-order chi connectivity index (χ0) is 22.7. The predicted octanol–water partition coefficient (Wildman–Crippen LogP) is 2.83. The number of carbonyl (C=O) groups is 2. The van der Waals surface area contributed by atoms with Gasteiger partial charge in [0.2, 0.25) is 0 Å². The van der Waals surface area contributed by atoms with Gasteiger partial charge in [0.05, 0.1) is 25.8 Å². The number of likely N-dealkylation sites (N-methyl/N-ethyl adjacent to an activating group) is 1. The molecule has 0 bridgehead atoms. The normalized spacial score (nSPS) is 18.0. The van der Waals surface area contributed by atoms with Crippen LogP contribution in [0.25, 0.3) is 5.76 Å². The van der Waals surface area contributed by atoms with Gasteiger partial charge in [0.15, 0.2) is 11.5 Å². The average Bonchev–Trinajstić information content (AvgIpc) is 3.01. The van der Waals surface area contributed by atoms with Crippen molar-refractivity contribution in [1.82, 2.24) is 9.80 Å². The first kappa shape index (κ1) is 22.3. The zero-order valence-corrected chi connectivity index (χ0v) is 17.9. The first-order chi connectivity index (χ1) is 14.8. The van der Waals surface area contributed by atoms with Gasteiger partial charge < -0.3 is 24.4 Å². The Bertz CT molecular complexity index is 1020. The summed E-state index contributed by atoms with van der Waals surface area (Å²) in [5.74, 6) is -1.60. The highest BCUT2D eigenvalue weighted by atomic mass is 19.1. The van der Waals surface area contributed by atoms with E-state index in [9.17, 15) is 19.1 Å². The molecule has 1 atom stereocenters. The van der Waals surface area contributed by atoms with E-state index < -0.39 is 23.5 Å². The minimum absolute atomic E-state index is 0.0816. The van der Waals surface area contributed by atoms with Crippen LogP contribution in [0.4, 0.5) is 4.39 Å². The number of ketones is 1. The molecule has 1 heterocycles. The smallest absolute Gasteiger partial charge is 0.295 e. The van der Waals surface area contributed by atoms with Crippen LogP contribution in [0.1, 0.15) is 17.2 Å². The molecule has 2 aromatic carbocycles. The van der Waals surface area contributed by atoms with Gasteiger partial charge in [-0.25, -0.2) is 4.39 Å². The second kappa shape index (κ2) is 9.18. The maximum absolute atomic E-state index is 13.4. The Balaban J connectivity index is 2.23. The number of hydrogen-bond acceptors (Lipinski definition) is 6. The van der Waals surface area contributed by atoms with Crippen LogP contribution in [0.2, 0.25) is 0 Å². The van der Waals surface area contributed by atoms with Crippen molar-refractivity contribution in [2.24, 2.45) is 0 Å². The number of hydrogen-bond donors (Lipinski definition) is 1. The van der Waals surface area contributed by atoms with E-state index in [0.717, 1.165) is 0 Å². The van der Waals surface area contributed by atoms with Gasteiger partial charge in [-0.2, -0.15) is 0 Å². The standard InChI is InChI=1S/C23H25FN2O5/c1-25(2)12-13-26-19(16-6-5-7-17(30-3)22(16)31-4)18(21(28)23(26)29)20(27)14-8-10-15(24)11-9-14/h5-11,19,27H,12-13H2,1-4H3. The topological polar surface area (TPSA) is 79.3 Å². The number of Topliss-reactive ketones (excluding diaryl/α,β-unsaturated/α-hetero) is 1. The highest BCUT2D eigenvalue weighted by Gasteiger charge is 2.47. The van der Waals surface area contributed by atoms with E-state index in [1.54, 1.807) is 18.2 Å². The molecule has 1 aliphatic heterocycles. The Morgan fingerprint density at radius 3 is 2.35 bits per heavy atom.